The number of carbonyl (C=O) groups is 4. The quantitative estimate of drug-likeness (QED) is 0.174. The average molecular weight is 499 g/mol. The molecule has 1 aliphatic heterocycles. The number of rotatable bonds is 13. The number of ether oxygens (including phenoxy) is 1. The summed E-state index contributed by atoms with van der Waals surface area (Å²) >= 11 is 1.51. The molecule has 0 N–H and O–H groups in total. The maximum atomic E-state index is 11.9. The van der Waals surface area contributed by atoms with Crippen LogP contribution in [0.2, 0.25) is 0 Å². The van der Waals surface area contributed by atoms with Crippen molar-refractivity contribution in [2.45, 2.75) is 45.4 Å². The van der Waals surface area contributed by atoms with Crippen molar-refractivity contribution in [3.8, 4) is 5.75 Å². The monoisotopic (exact) mass is 498 g/mol. The molecule has 2 amide bonds. The Hall–Kier alpha value is -3.46. The highest BCUT2D eigenvalue weighted by molar-refractivity contribution is 7.11. The number of benzene rings is 1. The molecule has 0 bridgehead atoms. The van der Waals surface area contributed by atoms with Gasteiger partial charge in [-0.3, -0.25) is 14.4 Å². The van der Waals surface area contributed by atoms with Crippen LogP contribution in [0, 0.1) is 0 Å². The molecule has 0 saturated carbocycles. The predicted molar refractivity (Wildman–Crippen MR) is 135 cm³/mol. The Morgan fingerprint density at radius 3 is 2.54 bits per heavy atom. The van der Waals surface area contributed by atoms with Gasteiger partial charge in [-0.15, -0.1) is 16.4 Å². The van der Waals surface area contributed by atoms with Crippen LogP contribution < -0.4 is 9.64 Å². The van der Waals surface area contributed by atoms with Crippen molar-refractivity contribution < 1.29 is 28.8 Å². The van der Waals surface area contributed by atoms with Crippen LogP contribution in [0.25, 0.3) is 11.6 Å². The number of methoxy groups -OCH3 is 1. The molecule has 0 atom stereocenters. The van der Waals surface area contributed by atoms with Crippen LogP contribution in [-0.2, 0) is 24.0 Å². The van der Waals surface area contributed by atoms with E-state index in [0.29, 0.717) is 22.8 Å². The minimum Gasteiger partial charge on any atom is -0.496 e. The molecule has 1 fully saturated rings. The van der Waals surface area contributed by atoms with Gasteiger partial charge < -0.3 is 14.5 Å². The lowest BCUT2D eigenvalue weighted by Gasteiger charge is -2.24. The number of hydrogen-bond donors (Lipinski definition) is 0. The molecule has 2 aromatic rings. The summed E-state index contributed by atoms with van der Waals surface area (Å²) in [6.07, 6.45) is 5.30. The van der Waals surface area contributed by atoms with E-state index in [4.69, 9.17) is 9.57 Å². The highest BCUT2D eigenvalue weighted by Gasteiger charge is 2.32. The predicted octanol–water partition coefficient (Wildman–Crippen LogP) is 4.49. The Morgan fingerprint density at radius 2 is 1.91 bits per heavy atom. The first-order valence-corrected chi connectivity index (χ1v) is 12.5. The summed E-state index contributed by atoms with van der Waals surface area (Å²) < 4.78 is 5.60. The van der Waals surface area contributed by atoms with Crippen LogP contribution in [0.4, 0.5) is 5.69 Å². The van der Waals surface area contributed by atoms with E-state index in [1.165, 1.54) is 11.3 Å². The molecule has 9 heteroatoms. The summed E-state index contributed by atoms with van der Waals surface area (Å²) in [5.41, 5.74) is 2.45. The standard InChI is InChI=1S/C26H30N2O6S/c1-3-27(14-6-4-5-9-26(32)34-28-24(30)12-13-25(28)31)21-11-10-19(22(17-21)33-2)16-20(18-29)23-8-7-15-35-23/h7-8,10-11,15-18H,3-6,9,12-14H2,1-2H3/b20-16+. The van der Waals surface area contributed by atoms with Crippen LogP contribution in [0.15, 0.2) is 35.7 Å². The first-order chi connectivity index (χ1) is 17.0. The smallest absolute Gasteiger partial charge is 0.333 e. The minimum absolute atomic E-state index is 0.0912. The Labute approximate surface area is 209 Å². The molecular formula is C26H30N2O6S. The van der Waals surface area contributed by atoms with Crippen LogP contribution in [0.3, 0.4) is 0 Å². The van der Waals surface area contributed by atoms with Crippen LogP contribution >= 0.6 is 11.3 Å². The fourth-order valence-corrected chi connectivity index (χ4v) is 4.52. The average Bonchev–Trinajstić information content (AvgIpc) is 3.51. The zero-order valence-electron chi connectivity index (χ0n) is 20.0. The van der Waals surface area contributed by atoms with Gasteiger partial charge in [0.05, 0.1) is 7.11 Å². The maximum Gasteiger partial charge on any atom is 0.333 e. The fourth-order valence-electron chi connectivity index (χ4n) is 3.81. The molecule has 1 aliphatic rings. The second-order valence-corrected chi connectivity index (χ2v) is 9.00. The van der Waals surface area contributed by atoms with Crippen molar-refractivity contribution in [1.82, 2.24) is 5.06 Å². The molecule has 8 nitrogen and oxygen atoms in total. The van der Waals surface area contributed by atoms with E-state index >= 15 is 0 Å². The third kappa shape index (κ3) is 7.02. The fraction of sp³-hybridized carbons (Fsp3) is 0.385. The number of amides is 2. The van der Waals surface area contributed by atoms with Crippen molar-refractivity contribution in [2.75, 3.05) is 25.1 Å². The first kappa shape index (κ1) is 26.2. The molecule has 0 unspecified atom stereocenters. The van der Waals surface area contributed by atoms with E-state index in [1.807, 2.05) is 41.8 Å². The highest BCUT2D eigenvalue weighted by Crippen LogP contribution is 2.30. The van der Waals surface area contributed by atoms with Crippen molar-refractivity contribution in [1.29, 1.82) is 0 Å². The number of thiophene rings is 1. The van der Waals surface area contributed by atoms with Gasteiger partial charge in [0.2, 0.25) is 0 Å². The largest absolute Gasteiger partial charge is 0.496 e. The van der Waals surface area contributed by atoms with Gasteiger partial charge in [0, 0.05) is 60.1 Å². The number of carbonyl (C=O) groups excluding carboxylic acids is 4. The topological polar surface area (TPSA) is 93.2 Å². The van der Waals surface area contributed by atoms with E-state index in [2.05, 4.69) is 11.8 Å². The van der Waals surface area contributed by atoms with Gasteiger partial charge in [-0.05, 0) is 49.4 Å². The number of imide groups is 1. The Bertz CT molecular complexity index is 1060. The van der Waals surface area contributed by atoms with Gasteiger partial charge >= 0.3 is 5.97 Å². The summed E-state index contributed by atoms with van der Waals surface area (Å²) in [7, 11) is 1.61. The van der Waals surface area contributed by atoms with Crippen LogP contribution in [0.5, 0.6) is 5.75 Å². The number of hydroxylamine groups is 2. The molecule has 1 aromatic carbocycles. The molecule has 3 rings (SSSR count). The zero-order chi connectivity index (χ0) is 25.2. The molecule has 1 aromatic heterocycles. The van der Waals surface area contributed by atoms with E-state index in [1.54, 1.807) is 7.11 Å². The second-order valence-electron chi connectivity index (χ2n) is 8.06. The zero-order valence-corrected chi connectivity index (χ0v) is 20.8. The molecule has 35 heavy (non-hydrogen) atoms. The Morgan fingerprint density at radius 1 is 1.14 bits per heavy atom. The van der Waals surface area contributed by atoms with E-state index < -0.39 is 17.8 Å². The third-order valence-electron chi connectivity index (χ3n) is 5.72. The number of allylic oxidation sites excluding steroid dienone is 1. The number of aldehydes is 1. The van der Waals surface area contributed by atoms with Gasteiger partial charge in [-0.1, -0.05) is 12.5 Å². The first-order valence-electron chi connectivity index (χ1n) is 11.7. The molecule has 0 radical (unpaired) electrons. The molecule has 0 spiro atoms. The van der Waals surface area contributed by atoms with Gasteiger partial charge in [0.1, 0.15) is 5.75 Å². The third-order valence-corrected chi connectivity index (χ3v) is 6.63. The number of hydrogen-bond acceptors (Lipinski definition) is 8. The van der Waals surface area contributed by atoms with Crippen LogP contribution in [0.1, 0.15) is 55.9 Å². The second kappa shape index (κ2) is 12.9. The summed E-state index contributed by atoms with van der Waals surface area (Å²) in [4.78, 5) is 54.6. The SMILES string of the molecule is CCN(CCCCCC(=O)ON1C(=O)CCC1=O)c1ccc(/C=C(\C=O)c2cccs2)c(OC)c1. The van der Waals surface area contributed by atoms with Gasteiger partial charge in [-0.2, -0.15) is 0 Å². The summed E-state index contributed by atoms with van der Waals surface area (Å²) in [5.74, 6) is -0.808. The number of unbranched alkanes of at least 4 members (excludes halogenated alkanes) is 2. The Balaban J connectivity index is 1.52. The van der Waals surface area contributed by atoms with Gasteiger partial charge in [0.25, 0.3) is 11.8 Å². The maximum absolute atomic E-state index is 11.9. The van der Waals surface area contributed by atoms with E-state index in [0.717, 1.165) is 48.3 Å². The highest BCUT2D eigenvalue weighted by atomic mass is 32.1. The normalized spacial score (nSPS) is 13.8. The summed E-state index contributed by atoms with van der Waals surface area (Å²) in [5, 5.41) is 2.52. The lowest BCUT2D eigenvalue weighted by Crippen LogP contribution is -2.31. The molecular weight excluding hydrogens is 468 g/mol. The van der Waals surface area contributed by atoms with E-state index in [-0.39, 0.29) is 19.3 Å². The summed E-state index contributed by atoms with van der Waals surface area (Å²) in [6.45, 7) is 3.67. The van der Waals surface area contributed by atoms with Crippen molar-refractivity contribution in [3.05, 3.63) is 46.2 Å². The molecule has 0 aliphatic carbocycles. The molecule has 186 valence electrons. The minimum atomic E-state index is -0.563. The van der Waals surface area contributed by atoms with Crippen molar-refractivity contribution in [3.63, 3.8) is 0 Å². The van der Waals surface area contributed by atoms with Gasteiger partial charge in [0.15, 0.2) is 6.29 Å². The molecule has 2 heterocycles. The van der Waals surface area contributed by atoms with Crippen LogP contribution in [-0.4, -0.2) is 49.3 Å². The lowest BCUT2D eigenvalue weighted by atomic mass is 10.1. The van der Waals surface area contributed by atoms with E-state index in [9.17, 15) is 19.2 Å². The van der Waals surface area contributed by atoms with Crippen molar-refractivity contribution >= 4 is 52.7 Å². The van der Waals surface area contributed by atoms with Gasteiger partial charge in [-0.25, -0.2) is 4.79 Å². The number of anilines is 1. The summed E-state index contributed by atoms with van der Waals surface area (Å²) in [6, 6.07) is 9.75. The Kier molecular flexibility index (Phi) is 9.60. The lowest BCUT2D eigenvalue weighted by molar-refractivity contribution is -0.197. The molecule has 1 saturated heterocycles. The van der Waals surface area contributed by atoms with Crippen molar-refractivity contribution in [2.24, 2.45) is 0 Å². The number of nitrogens with zero attached hydrogens (tertiary/aromatic N) is 2.